The number of hydrogen-bond acceptors (Lipinski definition) is 2. The quantitative estimate of drug-likeness (QED) is 0.633. The van der Waals surface area contributed by atoms with Gasteiger partial charge in [0.1, 0.15) is 0 Å². The summed E-state index contributed by atoms with van der Waals surface area (Å²) >= 11 is 13.8. The van der Waals surface area contributed by atoms with Crippen LogP contribution in [0, 0.1) is 6.92 Å². The molecular weight excluding hydrogens is 356 g/mol. The molecule has 1 aromatic carbocycles. The van der Waals surface area contributed by atoms with Crippen molar-refractivity contribution >= 4 is 46.0 Å². The monoisotopic (exact) mass is 378 g/mol. The molecule has 2 aromatic rings. The number of thiophene rings is 1. The van der Waals surface area contributed by atoms with Gasteiger partial charge in [0.2, 0.25) is 0 Å². The number of hydrogen-bond donors (Lipinski definition) is 1. The van der Waals surface area contributed by atoms with Gasteiger partial charge in [0.05, 0.1) is 6.54 Å². The molecule has 0 spiro atoms. The van der Waals surface area contributed by atoms with Crippen molar-refractivity contribution in [2.45, 2.75) is 51.6 Å². The van der Waals surface area contributed by atoms with Gasteiger partial charge in [-0.15, -0.1) is 11.3 Å². The van der Waals surface area contributed by atoms with Gasteiger partial charge in [-0.1, -0.05) is 43.0 Å². The fourth-order valence-corrected chi connectivity index (χ4v) is 4.46. The number of thiocarbonyl (C=S) groups is 1. The summed E-state index contributed by atoms with van der Waals surface area (Å²) in [4.78, 5) is 3.73. The van der Waals surface area contributed by atoms with Crippen LogP contribution >= 0.6 is 35.2 Å². The van der Waals surface area contributed by atoms with Crippen LogP contribution < -0.4 is 5.32 Å². The van der Waals surface area contributed by atoms with Crippen molar-refractivity contribution in [3.05, 3.63) is 51.2 Å². The largest absolute Gasteiger partial charge is 0.341 e. The Bertz CT molecular complexity index is 679. The van der Waals surface area contributed by atoms with Crippen LogP contribution in [0.25, 0.3) is 0 Å². The average molecular weight is 379 g/mol. The summed E-state index contributed by atoms with van der Waals surface area (Å²) in [6.07, 6.45) is 6.38. The summed E-state index contributed by atoms with van der Waals surface area (Å²) in [5.41, 5.74) is 2.04. The zero-order valence-corrected chi connectivity index (χ0v) is 16.3. The normalized spacial score (nSPS) is 15.2. The Morgan fingerprint density at radius 2 is 2.04 bits per heavy atom. The maximum absolute atomic E-state index is 6.25. The molecule has 1 aromatic heterocycles. The molecule has 128 valence electrons. The van der Waals surface area contributed by atoms with E-state index in [2.05, 4.69) is 27.7 Å². The number of anilines is 1. The first kappa shape index (κ1) is 17.7. The molecule has 24 heavy (non-hydrogen) atoms. The van der Waals surface area contributed by atoms with Crippen LogP contribution in [-0.4, -0.2) is 16.1 Å². The van der Waals surface area contributed by atoms with E-state index in [1.807, 2.05) is 25.1 Å². The van der Waals surface area contributed by atoms with E-state index in [1.54, 1.807) is 11.3 Å². The van der Waals surface area contributed by atoms with Crippen molar-refractivity contribution in [2.75, 3.05) is 5.32 Å². The summed E-state index contributed by atoms with van der Waals surface area (Å²) < 4.78 is 0. The van der Waals surface area contributed by atoms with Gasteiger partial charge < -0.3 is 10.2 Å². The van der Waals surface area contributed by atoms with Crippen LogP contribution in [0.1, 0.15) is 42.5 Å². The second kappa shape index (κ2) is 8.32. The SMILES string of the molecule is Cc1c(Cl)cccc1NC(=S)N(Cc1cccs1)C1CCCCC1. The molecule has 1 aliphatic rings. The fraction of sp³-hybridized carbons (Fsp3) is 0.421. The van der Waals surface area contributed by atoms with Crippen LogP contribution in [0.2, 0.25) is 5.02 Å². The molecule has 5 heteroatoms. The summed E-state index contributed by atoms with van der Waals surface area (Å²) in [6.45, 7) is 2.91. The third kappa shape index (κ3) is 4.29. The Hall–Kier alpha value is -1.10. The van der Waals surface area contributed by atoms with Gasteiger partial charge in [-0.3, -0.25) is 0 Å². The highest BCUT2D eigenvalue weighted by Crippen LogP contribution is 2.28. The Balaban J connectivity index is 1.78. The molecule has 0 saturated heterocycles. The van der Waals surface area contributed by atoms with Crippen molar-refractivity contribution in [1.29, 1.82) is 0 Å². The number of benzene rings is 1. The second-order valence-corrected chi connectivity index (χ2v) is 8.17. The van der Waals surface area contributed by atoms with Crippen molar-refractivity contribution in [1.82, 2.24) is 4.90 Å². The van der Waals surface area contributed by atoms with Gasteiger partial charge in [-0.05, 0) is 61.1 Å². The van der Waals surface area contributed by atoms with Gasteiger partial charge >= 0.3 is 0 Å². The van der Waals surface area contributed by atoms with E-state index in [4.69, 9.17) is 23.8 Å². The zero-order valence-electron chi connectivity index (χ0n) is 13.9. The maximum atomic E-state index is 6.25. The lowest BCUT2D eigenvalue weighted by Crippen LogP contribution is -2.43. The molecule has 0 radical (unpaired) electrons. The summed E-state index contributed by atoms with van der Waals surface area (Å²) in [6, 6.07) is 10.7. The second-order valence-electron chi connectivity index (χ2n) is 6.34. The Morgan fingerprint density at radius 3 is 2.75 bits per heavy atom. The van der Waals surface area contributed by atoms with Crippen molar-refractivity contribution in [2.24, 2.45) is 0 Å². The summed E-state index contributed by atoms with van der Waals surface area (Å²) in [7, 11) is 0. The van der Waals surface area contributed by atoms with Crippen LogP contribution in [0.5, 0.6) is 0 Å². The van der Waals surface area contributed by atoms with Crippen molar-refractivity contribution in [3.63, 3.8) is 0 Å². The number of nitrogens with one attached hydrogen (secondary N) is 1. The smallest absolute Gasteiger partial charge is 0.174 e. The van der Waals surface area contributed by atoms with Gasteiger partial charge in [0.25, 0.3) is 0 Å². The van der Waals surface area contributed by atoms with E-state index in [0.717, 1.165) is 27.9 Å². The lowest BCUT2D eigenvalue weighted by molar-refractivity contribution is 0.242. The van der Waals surface area contributed by atoms with E-state index in [1.165, 1.54) is 37.0 Å². The van der Waals surface area contributed by atoms with E-state index >= 15 is 0 Å². The number of halogens is 1. The Labute approximate surface area is 158 Å². The molecule has 0 aliphatic heterocycles. The van der Waals surface area contributed by atoms with E-state index in [0.29, 0.717) is 6.04 Å². The fourth-order valence-electron chi connectivity index (χ4n) is 3.26. The minimum absolute atomic E-state index is 0.528. The molecule has 0 amide bonds. The summed E-state index contributed by atoms with van der Waals surface area (Å²) in [5, 5.41) is 7.14. The summed E-state index contributed by atoms with van der Waals surface area (Å²) in [5.74, 6) is 0. The molecule has 1 saturated carbocycles. The van der Waals surface area contributed by atoms with Crippen LogP contribution in [0.3, 0.4) is 0 Å². The zero-order chi connectivity index (χ0) is 16.9. The van der Waals surface area contributed by atoms with Crippen LogP contribution in [-0.2, 0) is 6.54 Å². The standard InChI is InChI=1S/C19H23ClN2S2/c1-14-17(20)10-5-11-18(14)21-19(23)22(13-16-9-6-12-24-16)15-7-3-2-4-8-15/h5-6,9-12,15H,2-4,7-8,13H2,1H3,(H,21,23). The van der Waals surface area contributed by atoms with Gasteiger partial charge in [-0.2, -0.15) is 0 Å². The van der Waals surface area contributed by atoms with Gasteiger partial charge in [0, 0.05) is 21.6 Å². The van der Waals surface area contributed by atoms with Crippen molar-refractivity contribution in [3.8, 4) is 0 Å². The molecule has 1 aliphatic carbocycles. The highest BCUT2D eigenvalue weighted by atomic mass is 35.5. The first-order valence-corrected chi connectivity index (χ1v) is 10.2. The molecule has 0 atom stereocenters. The van der Waals surface area contributed by atoms with Crippen LogP contribution in [0.4, 0.5) is 5.69 Å². The van der Waals surface area contributed by atoms with Crippen LogP contribution in [0.15, 0.2) is 35.7 Å². The third-order valence-electron chi connectivity index (χ3n) is 4.69. The third-order valence-corrected chi connectivity index (χ3v) is 6.30. The van der Waals surface area contributed by atoms with E-state index in [-0.39, 0.29) is 0 Å². The molecule has 0 bridgehead atoms. The maximum Gasteiger partial charge on any atom is 0.174 e. The lowest BCUT2D eigenvalue weighted by Gasteiger charge is -2.36. The molecule has 2 nitrogen and oxygen atoms in total. The topological polar surface area (TPSA) is 15.3 Å². The highest BCUT2D eigenvalue weighted by Gasteiger charge is 2.24. The Kier molecular flexibility index (Phi) is 6.14. The highest BCUT2D eigenvalue weighted by molar-refractivity contribution is 7.80. The molecule has 0 unspecified atom stereocenters. The predicted molar refractivity (Wildman–Crippen MR) is 109 cm³/mol. The minimum atomic E-state index is 0.528. The lowest BCUT2D eigenvalue weighted by atomic mass is 9.94. The molecular formula is C19H23ClN2S2. The Morgan fingerprint density at radius 1 is 1.25 bits per heavy atom. The molecule has 1 heterocycles. The first-order valence-electron chi connectivity index (χ1n) is 8.50. The first-order chi connectivity index (χ1) is 11.6. The number of nitrogens with zero attached hydrogens (tertiary/aromatic N) is 1. The molecule has 3 rings (SSSR count). The molecule has 1 N–H and O–H groups in total. The van der Waals surface area contributed by atoms with E-state index < -0.39 is 0 Å². The average Bonchev–Trinajstić information content (AvgIpc) is 3.11. The van der Waals surface area contributed by atoms with Crippen molar-refractivity contribution < 1.29 is 0 Å². The predicted octanol–water partition coefficient (Wildman–Crippen LogP) is 6.24. The van der Waals surface area contributed by atoms with Gasteiger partial charge in [-0.25, -0.2) is 0 Å². The minimum Gasteiger partial charge on any atom is -0.341 e. The molecule has 1 fully saturated rings. The van der Waals surface area contributed by atoms with Gasteiger partial charge in [0.15, 0.2) is 5.11 Å². The number of rotatable bonds is 4. The van der Waals surface area contributed by atoms with E-state index in [9.17, 15) is 0 Å².